The maximum Gasteiger partial charge on any atom is 0.335 e. The van der Waals surface area contributed by atoms with Crippen molar-refractivity contribution in [3.63, 3.8) is 0 Å². The number of carboxylic acids is 1. The maximum absolute atomic E-state index is 13.8. The molecule has 98 valence electrons. The van der Waals surface area contributed by atoms with Gasteiger partial charge in [-0.25, -0.2) is 9.18 Å². The molecule has 0 atom stereocenters. The highest BCUT2D eigenvalue weighted by Crippen LogP contribution is 2.26. The van der Waals surface area contributed by atoms with Gasteiger partial charge in [0, 0.05) is 10.7 Å². The molecule has 0 radical (unpaired) electrons. The summed E-state index contributed by atoms with van der Waals surface area (Å²) in [4.78, 5) is 10.7. The van der Waals surface area contributed by atoms with Gasteiger partial charge in [-0.1, -0.05) is 17.7 Å². The molecule has 5 heteroatoms. The number of anilines is 2. The largest absolute Gasteiger partial charge is 0.478 e. The second kappa shape index (κ2) is 5.28. The fourth-order valence-electron chi connectivity index (χ4n) is 1.62. The third kappa shape index (κ3) is 3.03. The predicted octanol–water partition coefficient (Wildman–Crippen LogP) is 4.23. The minimum absolute atomic E-state index is 0.0918. The van der Waals surface area contributed by atoms with Crippen molar-refractivity contribution in [1.29, 1.82) is 0 Å². The molecule has 0 heterocycles. The minimum Gasteiger partial charge on any atom is -0.478 e. The Labute approximate surface area is 114 Å². The van der Waals surface area contributed by atoms with Crippen LogP contribution in [0, 0.1) is 12.7 Å². The average Bonchev–Trinajstić information content (AvgIpc) is 2.36. The zero-order valence-corrected chi connectivity index (χ0v) is 10.8. The van der Waals surface area contributed by atoms with Gasteiger partial charge in [0.2, 0.25) is 0 Å². The molecule has 0 unspecified atom stereocenters. The topological polar surface area (TPSA) is 49.3 Å². The van der Waals surface area contributed by atoms with Gasteiger partial charge in [-0.15, -0.1) is 0 Å². The summed E-state index contributed by atoms with van der Waals surface area (Å²) in [5, 5.41) is 12.2. The number of nitrogens with one attached hydrogen (secondary N) is 1. The van der Waals surface area contributed by atoms with Crippen LogP contribution in [0.25, 0.3) is 0 Å². The zero-order valence-electron chi connectivity index (χ0n) is 10.1. The molecule has 0 spiro atoms. The number of rotatable bonds is 3. The van der Waals surface area contributed by atoms with Crippen molar-refractivity contribution < 1.29 is 14.3 Å². The van der Waals surface area contributed by atoms with Crippen molar-refractivity contribution in [2.24, 2.45) is 0 Å². The van der Waals surface area contributed by atoms with E-state index in [1.54, 1.807) is 12.1 Å². The molecule has 0 aliphatic rings. The first-order chi connectivity index (χ1) is 8.97. The summed E-state index contributed by atoms with van der Waals surface area (Å²) in [5.41, 5.74) is 1.70. The zero-order chi connectivity index (χ0) is 14.0. The van der Waals surface area contributed by atoms with Crippen LogP contribution >= 0.6 is 11.6 Å². The van der Waals surface area contributed by atoms with Crippen LogP contribution in [0.1, 0.15) is 15.9 Å². The van der Waals surface area contributed by atoms with Crippen molar-refractivity contribution in [3.05, 3.63) is 58.4 Å². The fourth-order valence-corrected chi connectivity index (χ4v) is 1.80. The van der Waals surface area contributed by atoms with Crippen LogP contribution in [0.5, 0.6) is 0 Å². The number of aryl methyl sites for hydroxylation is 1. The van der Waals surface area contributed by atoms with Gasteiger partial charge >= 0.3 is 5.97 Å². The third-order valence-corrected chi connectivity index (χ3v) is 2.92. The van der Waals surface area contributed by atoms with E-state index in [-0.39, 0.29) is 11.3 Å². The van der Waals surface area contributed by atoms with Crippen LogP contribution in [0.3, 0.4) is 0 Å². The van der Waals surface area contributed by atoms with Gasteiger partial charge in [0.05, 0.1) is 11.3 Å². The van der Waals surface area contributed by atoms with Crippen molar-refractivity contribution in [3.8, 4) is 0 Å². The molecule has 0 bridgehead atoms. The number of carbonyl (C=O) groups is 1. The molecule has 2 aromatic carbocycles. The molecule has 3 nitrogen and oxygen atoms in total. The minimum atomic E-state index is -1.16. The molecule has 0 saturated heterocycles. The van der Waals surface area contributed by atoms with Gasteiger partial charge in [0.15, 0.2) is 0 Å². The highest BCUT2D eigenvalue weighted by Gasteiger charge is 2.09. The Kier molecular flexibility index (Phi) is 3.71. The van der Waals surface area contributed by atoms with Crippen LogP contribution in [0.15, 0.2) is 36.4 Å². The molecule has 0 aromatic heterocycles. The maximum atomic E-state index is 13.8. The first kappa shape index (κ1) is 13.4. The lowest BCUT2D eigenvalue weighted by Gasteiger charge is -2.11. The van der Waals surface area contributed by atoms with Gasteiger partial charge in [0.1, 0.15) is 5.82 Å². The Balaban J connectivity index is 2.33. The monoisotopic (exact) mass is 279 g/mol. The predicted molar refractivity (Wildman–Crippen MR) is 72.8 cm³/mol. The Bertz CT molecular complexity index is 643. The summed E-state index contributed by atoms with van der Waals surface area (Å²) in [6.07, 6.45) is 0. The lowest BCUT2D eigenvalue weighted by atomic mass is 10.1. The Morgan fingerprint density at radius 1 is 1.21 bits per heavy atom. The summed E-state index contributed by atoms with van der Waals surface area (Å²) in [7, 11) is 0. The molecule has 0 fully saturated rings. The Morgan fingerprint density at radius 3 is 2.58 bits per heavy atom. The first-order valence-corrected chi connectivity index (χ1v) is 5.91. The van der Waals surface area contributed by atoms with E-state index in [2.05, 4.69) is 5.32 Å². The fraction of sp³-hybridized carbons (Fsp3) is 0.0714. The van der Waals surface area contributed by atoms with E-state index in [4.69, 9.17) is 16.7 Å². The number of halogens is 2. The molecular weight excluding hydrogens is 269 g/mol. The van der Waals surface area contributed by atoms with Crippen LogP contribution in [-0.2, 0) is 0 Å². The summed E-state index contributed by atoms with van der Waals surface area (Å²) in [6, 6.07) is 8.94. The smallest absolute Gasteiger partial charge is 0.335 e. The molecule has 0 aliphatic heterocycles. The van der Waals surface area contributed by atoms with Crippen molar-refractivity contribution in [1.82, 2.24) is 0 Å². The van der Waals surface area contributed by atoms with Crippen LogP contribution in [-0.4, -0.2) is 11.1 Å². The average molecular weight is 280 g/mol. The summed E-state index contributed by atoms with van der Waals surface area (Å²) >= 11 is 5.88. The standard InChI is InChI=1S/C14H11ClFNO2/c1-8-2-4-10(15)7-13(8)17-12-5-3-9(14(18)19)6-11(12)16/h2-7,17H,1H3,(H,18,19). The van der Waals surface area contributed by atoms with Gasteiger partial charge in [-0.2, -0.15) is 0 Å². The summed E-state index contributed by atoms with van der Waals surface area (Å²) in [5.74, 6) is -1.79. The van der Waals surface area contributed by atoms with Crippen LogP contribution in [0.4, 0.5) is 15.8 Å². The quantitative estimate of drug-likeness (QED) is 0.884. The van der Waals surface area contributed by atoms with Crippen LogP contribution in [0.2, 0.25) is 5.02 Å². The SMILES string of the molecule is Cc1ccc(Cl)cc1Nc1ccc(C(=O)O)cc1F. The summed E-state index contributed by atoms with van der Waals surface area (Å²) in [6.45, 7) is 1.86. The highest BCUT2D eigenvalue weighted by atomic mass is 35.5. The van der Waals surface area contributed by atoms with Gasteiger partial charge in [-0.3, -0.25) is 0 Å². The van der Waals surface area contributed by atoms with Gasteiger partial charge < -0.3 is 10.4 Å². The van der Waals surface area contributed by atoms with Gasteiger partial charge in [-0.05, 0) is 42.8 Å². The molecule has 0 saturated carbocycles. The molecule has 0 aliphatic carbocycles. The Morgan fingerprint density at radius 2 is 1.95 bits per heavy atom. The van der Waals surface area contributed by atoms with Gasteiger partial charge in [0.25, 0.3) is 0 Å². The highest BCUT2D eigenvalue weighted by molar-refractivity contribution is 6.30. The second-order valence-electron chi connectivity index (χ2n) is 4.08. The second-order valence-corrected chi connectivity index (χ2v) is 4.52. The molecule has 0 amide bonds. The lowest BCUT2D eigenvalue weighted by molar-refractivity contribution is 0.0696. The van der Waals surface area contributed by atoms with Crippen molar-refractivity contribution in [2.45, 2.75) is 6.92 Å². The molecule has 2 N–H and O–H groups in total. The Hall–Kier alpha value is -2.07. The van der Waals surface area contributed by atoms with E-state index in [9.17, 15) is 9.18 Å². The number of carboxylic acid groups (broad SMARTS) is 1. The van der Waals surface area contributed by atoms with E-state index >= 15 is 0 Å². The number of hydrogen-bond acceptors (Lipinski definition) is 2. The molecule has 2 rings (SSSR count). The van der Waals surface area contributed by atoms with E-state index in [1.165, 1.54) is 12.1 Å². The molecule has 2 aromatic rings. The van der Waals surface area contributed by atoms with Crippen LogP contribution < -0.4 is 5.32 Å². The molecule has 19 heavy (non-hydrogen) atoms. The third-order valence-electron chi connectivity index (χ3n) is 2.68. The molecular formula is C14H11ClFNO2. The van der Waals surface area contributed by atoms with Crippen molar-refractivity contribution >= 4 is 28.9 Å². The van der Waals surface area contributed by atoms with Crippen molar-refractivity contribution in [2.75, 3.05) is 5.32 Å². The number of aromatic carboxylic acids is 1. The van der Waals surface area contributed by atoms with E-state index < -0.39 is 11.8 Å². The lowest BCUT2D eigenvalue weighted by Crippen LogP contribution is -2.00. The number of hydrogen-bond donors (Lipinski definition) is 2. The summed E-state index contributed by atoms with van der Waals surface area (Å²) < 4.78 is 13.8. The first-order valence-electron chi connectivity index (χ1n) is 5.53. The van der Waals surface area contributed by atoms with E-state index in [0.29, 0.717) is 10.7 Å². The normalized spacial score (nSPS) is 10.3. The van der Waals surface area contributed by atoms with E-state index in [0.717, 1.165) is 11.6 Å². The number of benzene rings is 2. The van der Waals surface area contributed by atoms with E-state index in [1.807, 2.05) is 13.0 Å².